The summed E-state index contributed by atoms with van der Waals surface area (Å²) < 4.78 is 40.8. The summed E-state index contributed by atoms with van der Waals surface area (Å²) in [4.78, 5) is 29.7. The fourth-order valence-corrected chi connectivity index (χ4v) is 6.68. The summed E-state index contributed by atoms with van der Waals surface area (Å²) >= 11 is 0. The SMILES string of the molecule is CN1c2cc(F)c(F)cc2CC1(OCCOCc1ccccc1)C(=O)C1CNCCN1C1CCCC(CC=O)C1.Cl. The number of nitrogens with one attached hydrogen (secondary N) is 1. The van der Waals surface area contributed by atoms with Crippen molar-refractivity contribution in [2.24, 2.45) is 5.92 Å². The number of nitrogens with zero attached hydrogens (tertiary/aromatic N) is 2. The Morgan fingerprint density at radius 2 is 1.93 bits per heavy atom. The summed E-state index contributed by atoms with van der Waals surface area (Å²) in [6, 6.07) is 11.9. The van der Waals surface area contributed by atoms with Crippen LogP contribution in [0, 0.1) is 17.6 Å². The van der Waals surface area contributed by atoms with Crippen molar-refractivity contribution in [1.29, 1.82) is 0 Å². The lowest BCUT2D eigenvalue weighted by Gasteiger charge is -2.47. The maximum absolute atomic E-state index is 14.6. The number of carbonyl (C=O) groups excluding carboxylic acids is 2. The first-order valence-electron chi connectivity index (χ1n) is 14.3. The minimum absolute atomic E-state index is 0. The predicted molar refractivity (Wildman–Crippen MR) is 155 cm³/mol. The molecule has 3 aliphatic rings. The summed E-state index contributed by atoms with van der Waals surface area (Å²) in [6.45, 7) is 2.78. The van der Waals surface area contributed by atoms with Crippen molar-refractivity contribution in [1.82, 2.24) is 10.2 Å². The van der Waals surface area contributed by atoms with Crippen LogP contribution in [-0.2, 0) is 32.1 Å². The average Bonchev–Trinajstić information content (AvgIpc) is 3.24. The van der Waals surface area contributed by atoms with E-state index in [-0.39, 0.29) is 43.9 Å². The van der Waals surface area contributed by atoms with Gasteiger partial charge in [-0.3, -0.25) is 9.69 Å². The van der Waals surface area contributed by atoms with Crippen LogP contribution < -0.4 is 10.2 Å². The first-order valence-corrected chi connectivity index (χ1v) is 14.3. The normalized spacial score (nSPS) is 26.3. The molecule has 2 aromatic carbocycles. The third kappa shape index (κ3) is 6.81. The number of carbonyl (C=O) groups is 2. The zero-order chi connectivity index (χ0) is 28.1. The van der Waals surface area contributed by atoms with Crippen LogP contribution in [0.4, 0.5) is 14.5 Å². The summed E-state index contributed by atoms with van der Waals surface area (Å²) in [5.74, 6) is -1.69. The molecule has 2 aromatic rings. The summed E-state index contributed by atoms with van der Waals surface area (Å²) in [5, 5.41) is 3.37. The van der Waals surface area contributed by atoms with Gasteiger partial charge < -0.3 is 24.5 Å². The molecule has 2 aliphatic heterocycles. The molecular weight excluding hydrogens is 552 g/mol. The molecule has 0 radical (unpaired) electrons. The first kappa shape index (κ1) is 31.5. The van der Waals surface area contributed by atoms with Gasteiger partial charge in [-0.25, -0.2) is 8.78 Å². The van der Waals surface area contributed by atoms with E-state index < -0.39 is 23.4 Å². The Morgan fingerprint density at radius 3 is 2.71 bits per heavy atom. The third-order valence-corrected chi connectivity index (χ3v) is 8.76. The van der Waals surface area contributed by atoms with Crippen LogP contribution in [0.3, 0.4) is 0 Å². The van der Waals surface area contributed by atoms with E-state index in [4.69, 9.17) is 9.47 Å². The van der Waals surface area contributed by atoms with Gasteiger partial charge in [-0.1, -0.05) is 36.8 Å². The Morgan fingerprint density at radius 1 is 1.15 bits per heavy atom. The highest BCUT2D eigenvalue weighted by atomic mass is 35.5. The molecule has 5 rings (SSSR count). The molecule has 0 amide bonds. The predicted octanol–water partition coefficient (Wildman–Crippen LogP) is 4.30. The Hall–Kier alpha value is -2.43. The second-order valence-corrected chi connectivity index (χ2v) is 11.2. The Kier molecular flexibility index (Phi) is 10.9. The molecule has 4 atom stereocenters. The summed E-state index contributed by atoms with van der Waals surface area (Å²) in [6.07, 6.45) is 5.59. The number of anilines is 1. The van der Waals surface area contributed by atoms with Crippen LogP contribution in [0.2, 0.25) is 0 Å². The molecule has 0 bridgehead atoms. The molecule has 4 unspecified atom stereocenters. The lowest BCUT2D eigenvalue weighted by Crippen LogP contribution is -2.67. The minimum Gasteiger partial charge on any atom is -0.374 e. The van der Waals surface area contributed by atoms with Gasteiger partial charge >= 0.3 is 0 Å². The van der Waals surface area contributed by atoms with Gasteiger partial charge in [0.1, 0.15) is 6.29 Å². The number of ketones is 1. The van der Waals surface area contributed by atoms with Crippen LogP contribution in [0.15, 0.2) is 42.5 Å². The Balaban J connectivity index is 0.00000387. The van der Waals surface area contributed by atoms with Crippen molar-refractivity contribution in [2.45, 2.75) is 62.9 Å². The lowest BCUT2D eigenvalue weighted by molar-refractivity contribution is -0.153. The monoisotopic (exact) mass is 591 g/mol. The summed E-state index contributed by atoms with van der Waals surface area (Å²) in [7, 11) is 1.72. The number of halogens is 3. The van der Waals surface area contributed by atoms with Crippen LogP contribution >= 0.6 is 12.4 Å². The highest BCUT2D eigenvalue weighted by molar-refractivity contribution is 5.97. The van der Waals surface area contributed by atoms with E-state index in [1.807, 2.05) is 30.3 Å². The lowest BCUT2D eigenvalue weighted by atomic mass is 9.82. The molecule has 2 heterocycles. The van der Waals surface area contributed by atoms with Crippen molar-refractivity contribution in [2.75, 3.05) is 44.8 Å². The highest BCUT2D eigenvalue weighted by Crippen LogP contribution is 2.42. The van der Waals surface area contributed by atoms with Crippen LogP contribution in [0.25, 0.3) is 0 Å². The van der Waals surface area contributed by atoms with Crippen molar-refractivity contribution in [3.05, 3.63) is 65.2 Å². The van der Waals surface area contributed by atoms with Crippen molar-refractivity contribution in [3.63, 3.8) is 0 Å². The van der Waals surface area contributed by atoms with E-state index in [2.05, 4.69) is 10.2 Å². The van der Waals surface area contributed by atoms with Gasteiger partial charge in [0.15, 0.2) is 11.6 Å². The number of likely N-dealkylation sites (N-methyl/N-ethyl adjacent to an activating group) is 1. The third-order valence-electron chi connectivity index (χ3n) is 8.76. The van der Waals surface area contributed by atoms with Gasteiger partial charge in [-0.15, -0.1) is 12.4 Å². The maximum atomic E-state index is 14.6. The van der Waals surface area contributed by atoms with Gasteiger partial charge in [0.25, 0.3) is 0 Å². The second-order valence-electron chi connectivity index (χ2n) is 11.2. The number of rotatable bonds is 11. The zero-order valence-corrected chi connectivity index (χ0v) is 24.3. The maximum Gasteiger partial charge on any atom is 0.206 e. The number of hydrogen-bond donors (Lipinski definition) is 1. The molecule has 1 N–H and O–H groups in total. The van der Waals surface area contributed by atoms with E-state index in [1.54, 1.807) is 11.9 Å². The fourth-order valence-electron chi connectivity index (χ4n) is 6.68. The molecule has 1 saturated heterocycles. The number of benzene rings is 2. The molecule has 0 spiro atoms. The van der Waals surface area contributed by atoms with Crippen LogP contribution in [-0.4, -0.2) is 74.7 Å². The standard InChI is InChI=1S/C31H39F2N3O4.ClH/c1-35-28-18-27(33)26(32)17-24(28)19-31(35,40-15-14-39-21-23-6-3-2-4-7-23)30(38)29-20-34-11-12-36(29)25-9-5-8-22(16-25)10-13-37;/h2-4,6-7,13,17-18,22,25,29,34H,5,8-12,14-16,19-21H2,1H3;1H. The van der Waals surface area contributed by atoms with E-state index >= 15 is 0 Å². The molecule has 41 heavy (non-hydrogen) atoms. The number of ether oxygens (including phenoxy) is 2. The van der Waals surface area contributed by atoms with E-state index in [1.165, 1.54) is 6.07 Å². The molecular formula is C31H40ClF2N3O4. The Bertz CT molecular complexity index is 1190. The number of piperazine rings is 1. The average molecular weight is 592 g/mol. The number of fused-ring (bicyclic) bond motifs is 1. The molecule has 1 aliphatic carbocycles. The van der Waals surface area contributed by atoms with Crippen molar-refractivity contribution >= 4 is 30.2 Å². The van der Waals surface area contributed by atoms with E-state index in [0.717, 1.165) is 50.1 Å². The molecule has 10 heteroatoms. The van der Waals surface area contributed by atoms with Crippen molar-refractivity contribution in [3.8, 4) is 0 Å². The van der Waals surface area contributed by atoms with E-state index in [0.29, 0.717) is 43.3 Å². The van der Waals surface area contributed by atoms with Gasteiger partial charge in [0.2, 0.25) is 11.5 Å². The van der Waals surface area contributed by atoms with Crippen LogP contribution in [0.1, 0.15) is 43.2 Å². The number of hydrogen-bond acceptors (Lipinski definition) is 7. The molecule has 2 fully saturated rings. The highest BCUT2D eigenvalue weighted by Gasteiger charge is 2.53. The van der Waals surface area contributed by atoms with Crippen LogP contribution in [0.5, 0.6) is 0 Å². The van der Waals surface area contributed by atoms with Gasteiger partial charge in [0.05, 0.1) is 25.9 Å². The van der Waals surface area contributed by atoms with E-state index in [9.17, 15) is 18.4 Å². The first-order chi connectivity index (χ1) is 19.4. The summed E-state index contributed by atoms with van der Waals surface area (Å²) in [5.41, 5.74) is 0.613. The van der Waals surface area contributed by atoms with Gasteiger partial charge in [-0.2, -0.15) is 0 Å². The zero-order valence-electron chi connectivity index (χ0n) is 23.5. The molecule has 7 nitrogen and oxygen atoms in total. The largest absolute Gasteiger partial charge is 0.374 e. The molecule has 1 saturated carbocycles. The number of Topliss-reactive ketones (excluding diaryl/α,β-unsaturated/α-hetero) is 1. The minimum atomic E-state index is -1.42. The van der Waals surface area contributed by atoms with Crippen molar-refractivity contribution < 1.29 is 27.8 Å². The smallest absolute Gasteiger partial charge is 0.206 e. The molecule has 224 valence electrons. The quantitative estimate of drug-likeness (QED) is 0.309. The Labute approximate surface area is 247 Å². The van der Waals surface area contributed by atoms with Gasteiger partial charge in [-0.05, 0) is 42.4 Å². The second kappa shape index (κ2) is 14.2. The fraction of sp³-hybridized carbons (Fsp3) is 0.548. The molecule has 0 aromatic heterocycles. The number of aldehydes is 1. The topological polar surface area (TPSA) is 71.1 Å². The van der Waals surface area contributed by atoms with Gasteiger partial charge in [0, 0.05) is 57.3 Å².